The summed E-state index contributed by atoms with van der Waals surface area (Å²) in [5.41, 5.74) is 1.73. The van der Waals surface area contributed by atoms with Crippen LogP contribution >= 0.6 is 0 Å². The van der Waals surface area contributed by atoms with Crippen LogP contribution in [0, 0.1) is 5.82 Å². The number of carbonyl (C=O) groups is 1. The number of hydrogen-bond acceptors (Lipinski definition) is 6. The number of aromatic amines is 1. The molecular formula is C23H25FN4O4. The van der Waals surface area contributed by atoms with Crippen LogP contribution in [0.5, 0.6) is 0 Å². The number of H-pyrrole nitrogens is 1. The molecule has 4 rings (SSSR count). The number of fused-ring (bicyclic) bond motifs is 1. The zero-order valence-electron chi connectivity index (χ0n) is 17.8. The Morgan fingerprint density at radius 3 is 2.66 bits per heavy atom. The van der Waals surface area contributed by atoms with Crippen LogP contribution in [0.1, 0.15) is 40.6 Å². The Bertz CT molecular complexity index is 1240. The summed E-state index contributed by atoms with van der Waals surface area (Å²) in [6, 6.07) is 9.04. The monoisotopic (exact) mass is 440 g/mol. The van der Waals surface area contributed by atoms with Crippen molar-refractivity contribution in [2.45, 2.75) is 31.7 Å². The van der Waals surface area contributed by atoms with Crippen molar-refractivity contribution < 1.29 is 19.4 Å². The molecule has 0 spiro atoms. The number of anilines is 2. The van der Waals surface area contributed by atoms with E-state index < -0.39 is 23.6 Å². The lowest BCUT2D eigenvalue weighted by Gasteiger charge is -2.22. The third kappa shape index (κ3) is 4.44. The minimum atomic E-state index is -1.38. The number of nitrogens with zero attached hydrogens (tertiary/aromatic N) is 1. The molecule has 1 aliphatic rings. The van der Waals surface area contributed by atoms with Crippen LogP contribution in [0.2, 0.25) is 0 Å². The Hall–Kier alpha value is -3.43. The van der Waals surface area contributed by atoms with Crippen LogP contribution in [0.3, 0.4) is 0 Å². The lowest BCUT2D eigenvalue weighted by atomic mass is 10.1. The summed E-state index contributed by atoms with van der Waals surface area (Å²) in [5, 5.41) is 26.3. The van der Waals surface area contributed by atoms with Gasteiger partial charge in [0.05, 0.1) is 22.3 Å². The summed E-state index contributed by atoms with van der Waals surface area (Å²) in [6.45, 7) is 0.492. The SMILES string of the molecule is CNc1cc(F)cc2cc(C(O)Nc3ccc(C(=O)O)cc3CN(C)C3CC3)c(=O)[nH]c12. The van der Waals surface area contributed by atoms with Gasteiger partial charge in [0.15, 0.2) is 6.23 Å². The van der Waals surface area contributed by atoms with Gasteiger partial charge in [0.1, 0.15) is 5.82 Å². The minimum Gasteiger partial charge on any atom is -0.478 e. The fourth-order valence-electron chi connectivity index (χ4n) is 3.84. The van der Waals surface area contributed by atoms with Gasteiger partial charge in [-0.25, -0.2) is 9.18 Å². The molecule has 0 amide bonds. The number of halogens is 1. The van der Waals surface area contributed by atoms with Crippen LogP contribution in [0.25, 0.3) is 10.9 Å². The molecule has 2 aromatic carbocycles. The van der Waals surface area contributed by atoms with Gasteiger partial charge in [0, 0.05) is 30.7 Å². The topological polar surface area (TPSA) is 118 Å². The molecule has 8 nitrogen and oxygen atoms in total. The zero-order valence-corrected chi connectivity index (χ0v) is 17.8. The summed E-state index contributed by atoms with van der Waals surface area (Å²) in [5.74, 6) is -1.52. The van der Waals surface area contributed by atoms with Gasteiger partial charge in [-0.1, -0.05) is 0 Å². The maximum atomic E-state index is 13.9. The van der Waals surface area contributed by atoms with Gasteiger partial charge in [-0.3, -0.25) is 9.69 Å². The van der Waals surface area contributed by atoms with Gasteiger partial charge >= 0.3 is 5.97 Å². The maximum absolute atomic E-state index is 13.9. The van der Waals surface area contributed by atoms with Crippen molar-refractivity contribution in [2.24, 2.45) is 0 Å². The molecule has 0 saturated heterocycles. The van der Waals surface area contributed by atoms with Crippen molar-refractivity contribution in [2.75, 3.05) is 24.7 Å². The minimum absolute atomic E-state index is 0.0222. The summed E-state index contributed by atoms with van der Waals surface area (Å²) >= 11 is 0. The average molecular weight is 440 g/mol. The molecule has 1 saturated carbocycles. The van der Waals surface area contributed by atoms with E-state index in [-0.39, 0.29) is 11.1 Å². The smallest absolute Gasteiger partial charge is 0.335 e. The van der Waals surface area contributed by atoms with E-state index in [1.165, 1.54) is 24.3 Å². The Balaban J connectivity index is 1.68. The highest BCUT2D eigenvalue weighted by atomic mass is 19.1. The first kappa shape index (κ1) is 21.8. The number of benzene rings is 2. The van der Waals surface area contributed by atoms with Crippen molar-refractivity contribution in [1.82, 2.24) is 9.88 Å². The number of hydrogen-bond donors (Lipinski definition) is 5. The predicted octanol–water partition coefficient (Wildman–Crippen LogP) is 3.10. The molecule has 3 aromatic rings. The molecule has 0 bridgehead atoms. The number of aromatic carboxylic acids is 1. The lowest BCUT2D eigenvalue weighted by Crippen LogP contribution is -2.24. The number of rotatable bonds is 8. The predicted molar refractivity (Wildman–Crippen MR) is 121 cm³/mol. The number of aromatic nitrogens is 1. The quantitative estimate of drug-likeness (QED) is 0.342. The van der Waals surface area contributed by atoms with Crippen LogP contribution in [-0.2, 0) is 6.54 Å². The van der Waals surface area contributed by atoms with Crippen molar-refractivity contribution in [3.8, 4) is 0 Å². The highest BCUT2D eigenvalue weighted by Gasteiger charge is 2.27. The molecule has 0 radical (unpaired) electrons. The second-order valence-corrected chi connectivity index (χ2v) is 8.09. The van der Waals surface area contributed by atoms with Gasteiger partial charge in [0.25, 0.3) is 5.56 Å². The Kier molecular flexibility index (Phi) is 5.86. The number of carboxylic acid groups (broad SMARTS) is 1. The number of pyridine rings is 1. The molecule has 32 heavy (non-hydrogen) atoms. The molecule has 1 fully saturated rings. The van der Waals surface area contributed by atoms with Crippen molar-refractivity contribution in [1.29, 1.82) is 0 Å². The van der Waals surface area contributed by atoms with E-state index in [0.717, 1.165) is 12.8 Å². The number of carboxylic acids is 1. The Morgan fingerprint density at radius 2 is 2.00 bits per heavy atom. The largest absolute Gasteiger partial charge is 0.478 e. The fraction of sp³-hybridized carbons (Fsp3) is 0.304. The Morgan fingerprint density at radius 1 is 1.25 bits per heavy atom. The fourth-order valence-corrected chi connectivity index (χ4v) is 3.84. The van der Waals surface area contributed by atoms with Gasteiger partial charge < -0.3 is 25.8 Å². The molecule has 1 unspecified atom stereocenters. The molecule has 1 aliphatic carbocycles. The molecule has 1 heterocycles. The van der Waals surface area contributed by atoms with E-state index in [4.69, 9.17) is 0 Å². The van der Waals surface area contributed by atoms with E-state index in [1.54, 1.807) is 19.2 Å². The Labute approximate surface area is 183 Å². The first-order chi connectivity index (χ1) is 15.3. The molecule has 9 heteroatoms. The summed E-state index contributed by atoms with van der Waals surface area (Å²) in [6.07, 6.45) is 0.807. The summed E-state index contributed by atoms with van der Waals surface area (Å²) < 4.78 is 13.9. The number of aliphatic hydroxyl groups is 1. The molecule has 1 atom stereocenters. The zero-order chi connectivity index (χ0) is 23.0. The average Bonchev–Trinajstić information content (AvgIpc) is 3.59. The maximum Gasteiger partial charge on any atom is 0.335 e. The first-order valence-electron chi connectivity index (χ1n) is 10.3. The normalized spacial score (nSPS) is 14.5. The van der Waals surface area contributed by atoms with E-state index in [9.17, 15) is 24.2 Å². The molecular weight excluding hydrogens is 415 g/mol. The van der Waals surface area contributed by atoms with Gasteiger partial charge in [0.2, 0.25) is 0 Å². The second kappa shape index (κ2) is 8.60. The van der Waals surface area contributed by atoms with Crippen LogP contribution < -0.4 is 16.2 Å². The highest BCUT2D eigenvalue weighted by Crippen LogP contribution is 2.30. The van der Waals surface area contributed by atoms with E-state index in [2.05, 4.69) is 20.5 Å². The third-order valence-corrected chi connectivity index (χ3v) is 5.74. The molecule has 5 N–H and O–H groups in total. The van der Waals surface area contributed by atoms with E-state index >= 15 is 0 Å². The molecule has 1 aromatic heterocycles. The lowest BCUT2D eigenvalue weighted by molar-refractivity contribution is 0.0696. The highest BCUT2D eigenvalue weighted by molar-refractivity contribution is 5.91. The molecule has 168 valence electrons. The third-order valence-electron chi connectivity index (χ3n) is 5.74. The van der Waals surface area contributed by atoms with Crippen molar-refractivity contribution in [3.05, 3.63) is 69.3 Å². The van der Waals surface area contributed by atoms with Gasteiger partial charge in [-0.05, 0) is 61.9 Å². The standard InChI is InChI=1S/C23H25FN4O4/c1-25-19-10-15(24)8-13-9-17(22(30)27-20(13)19)21(29)26-18-6-3-12(23(31)32)7-14(18)11-28(2)16-4-5-16/h3,6-10,16,21,25-26,29H,4-5,11H2,1-2H3,(H,27,30)(H,31,32). The van der Waals surface area contributed by atoms with Crippen LogP contribution in [-0.4, -0.2) is 46.2 Å². The number of nitrogens with one attached hydrogen (secondary N) is 3. The second-order valence-electron chi connectivity index (χ2n) is 8.09. The van der Waals surface area contributed by atoms with E-state index in [1.807, 2.05) is 7.05 Å². The first-order valence-corrected chi connectivity index (χ1v) is 10.3. The van der Waals surface area contributed by atoms with Crippen molar-refractivity contribution in [3.63, 3.8) is 0 Å². The summed E-state index contributed by atoms with van der Waals surface area (Å²) in [7, 11) is 3.59. The number of aliphatic hydroxyl groups excluding tert-OH is 1. The van der Waals surface area contributed by atoms with Crippen LogP contribution in [0.15, 0.2) is 41.2 Å². The van der Waals surface area contributed by atoms with Crippen LogP contribution in [0.4, 0.5) is 15.8 Å². The molecule has 0 aliphatic heterocycles. The van der Waals surface area contributed by atoms with E-state index in [0.29, 0.717) is 40.4 Å². The van der Waals surface area contributed by atoms with Crippen molar-refractivity contribution >= 4 is 28.2 Å². The van der Waals surface area contributed by atoms with Gasteiger partial charge in [-0.15, -0.1) is 0 Å². The van der Waals surface area contributed by atoms with Gasteiger partial charge in [-0.2, -0.15) is 0 Å². The summed E-state index contributed by atoms with van der Waals surface area (Å²) in [4.78, 5) is 28.9.